The molecule has 0 saturated heterocycles. The first-order valence-electron chi connectivity index (χ1n) is 6.35. The van der Waals surface area contributed by atoms with Crippen LogP contribution in [-0.4, -0.2) is 16.8 Å². The molecule has 2 aromatic rings. The lowest BCUT2D eigenvalue weighted by Crippen LogP contribution is -2.25. The zero-order valence-electron chi connectivity index (χ0n) is 10.7. The topological polar surface area (TPSA) is 3.24 Å². The molecule has 3 heteroatoms. The van der Waals surface area contributed by atoms with Crippen LogP contribution in [0, 0.1) is 0 Å². The molecule has 0 saturated carbocycles. The molecule has 0 atom stereocenters. The molecule has 19 heavy (non-hydrogen) atoms. The first-order valence-corrected chi connectivity index (χ1v) is 7.85. The number of rotatable bonds is 6. The molecule has 2 aromatic carbocycles. The maximum Gasteiger partial charge on any atom is 0.0451 e. The minimum Gasteiger partial charge on any atom is -0.294 e. The Morgan fingerprint density at radius 2 is 1.58 bits per heavy atom. The zero-order valence-corrected chi connectivity index (χ0v) is 13.1. The summed E-state index contributed by atoms with van der Waals surface area (Å²) in [5.41, 5.74) is 2.51. The van der Waals surface area contributed by atoms with Crippen molar-refractivity contribution in [2.24, 2.45) is 0 Å². The fourth-order valence-corrected chi connectivity index (χ4v) is 2.74. The van der Waals surface area contributed by atoms with E-state index in [0.717, 1.165) is 30.0 Å². The number of hydrogen-bond acceptors (Lipinski definition) is 1. The molecule has 1 nitrogen and oxygen atoms in total. The van der Waals surface area contributed by atoms with Crippen LogP contribution in [0.25, 0.3) is 0 Å². The minimum absolute atomic E-state index is 0.843. The van der Waals surface area contributed by atoms with Crippen molar-refractivity contribution >= 4 is 27.5 Å². The average Bonchev–Trinajstić information content (AvgIpc) is 2.43. The summed E-state index contributed by atoms with van der Waals surface area (Å²) in [6.45, 7) is 2.82. The Balaban J connectivity index is 2.06. The van der Waals surface area contributed by atoms with Crippen LogP contribution in [-0.2, 0) is 13.1 Å². The minimum atomic E-state index is 0.843. The van der Waals surface area contributed by atoms with Crippen LogP contribution in [0.2, 0.25) is 5.02 Å². The Bertz CT molecular complexity index is 501. The quantitative estimate of drug-likeness (QED) is 0.688. The van der Waals surface area contributed by atoms with Gasteiger partial charge < -0.3 is 0 Å². The summed E-state index contributed by atoms with van der Waals surface area (Å²) in [6.07, 6.45) is 0. The number of nitrogens with zero attached hydrogens (tertiary/aromatic N) is 1. The summed E-state index contributed by atoms with van der Waals surface area (Å²) >= 11 is 9.75. The molecule has 100 valence electrons. The summed E-state index contributed by atoms with van der Waals surface area (Å²) < 4.78 is 0. The second-order valence-electron chi connectivity index (χ2n) is 4.48. The van der Waals surface area contributed by atoms with Gasteiger partial charge in [-0.25, -0.2) is 0 Å². The Hall–Kier alpha value is -0.830. The standard InChI is InChI=1S/C16H17BrClN/c17-10-11-19(12-14-6-2-1-3-7-14)13-15-8-4-5-9-16(15)18/h1-9H,10-13H2. The molecule has 0 aromatic heterocycles. The average molecular weight is 339 g/mol. The van der Waals surface area contributed by atoms with Gasteiger partial charge in [0.2, 0.25) is 0 Å². The molecule has 0 bridgehead atoms. The largest absolute Gasteiger partial charge is 0.294 e. The normalized spacial score (nSPS) is 10.9. The highest BCUT2D eigenvalue weighted by atomic mass is 79.9. The van der Waals surface area contributed by atoms with Gasteiger partial charge in [-0.05, 0) is 17.2 Å². The summed E-state index contributed by atoms with van der Waals surface area (Å²) in [7, 11) is 0. The van der Waals surface area contributed by atoms with E-state index < -0.39 is 0 Å². The third-order valence-electron chi connectivity index (χ3n) is 3.00. The number of alkyl halides is 1. The van der Waals surface area contributed by atoms with E-state index in [9.17, 15) is 0 Å². The van der Waals surface area contributed by atoms with Crippen molar-refractivity contribution in [2.75, 3.05) is 11.9 Å². The highest BCUT2D eigenvalue weighted by molar-refractivity contribution is 9.09. The van der Waals surface area contributed by atoms with Crippen molar-refractivity contribution in [2.45, 2.75) is 13.1 Å². The summed E-state index contributed by atoms with van der Waals surface area (Å²) in [4.78, 5) is 2.39. The van der Waals surface area contributed by atoms with Crippen LogP contribution in [0.15, 0.2) is 54.6 Å². The molecule has 0 aliphatic rings. The summed E-state index contributed by atoms with van der Waals surface area (Å²) in [5.74, 6) is 0. The number of benzene rings is 2. The van der Waals surface area contributed by atoms with Crippen molar-refractivity contribution in [3.8, 4) is 0 Å². The van der Waals surface area contributed by atoms with Crippen LogP contribution in [0.4, 0.5) is 0 Å². The van der Waals surface area contributed by atoms with E-state index in [1.54, 1.807) is 0 Å². The third-order valence-corrected chi connectivity index (χ3v) is 3.72. The first-order chi connectivity index (χ1) is 9.29. The first kappa shape index (κ1) is 14.6. The van der Waals surface area contributed by atoms with Gasteiger partial charge in [-0.1, -0.05) is 76.1 Å². The summed E-state index contributed by atoms with van der Waals surface area (Å²) in [5, 5.41) is 1.81. The molecular formula is C16H17BrClN. The van der Waals surface area contributed by atoms with Crippen molar-refractivity contribution in [1.82, 2.24) is 4.90 Å². The van der Waals surface area contributed by atoms with Crippen molar-refractivity contribution < 1.29 is 0 Å². The van der Waals surface area contributed by atoms with Crippen molar-refractivity contribution in [3.63, 3.8) is 0 Å². The van der Waals surface area contributed by atoms with Gasteiger partial charge in [0.15, 0.2) is 0 Å². The van der Waals surface area contributed by atoms with Gasteiger partial charge in [-0.2, -0.15) is 0 Å². The Morgan fingerprint density at radius 1 is 0.895 bits per heavy atom. The van der Waals surface area contributed by atoms with Gasteiger partial charge in [-0.3, -0.25) is 4.90 Å². The lowest BCUT2D eigenvalue weighted by Gasteiger charge is -2.22. The molecule has 0 fully saturated rings. The smallest absolute Gasteiger partial charge is 0.0451 e. The van der Waals surface area contributed by atoms with Crippen LogP contribution in [0.5, 0.6) is 0 Å². The van der Waals surface area contributed by atoms with Gasteiger partial charge in [0.05, 0.1) is 0 Å². The van der Waals surface area contributed by atoms with Crippen LogP contribution in [0.1, 0.15) is 11.1 Å². The maximum atomic E-state index is 6.23. The van der Waals surface area contributed by atoms with E-state index >= 15 is 0 Å². The molecule has 0 unspecified atom stereocenters. The Kier molecular flexibility index (Phi) is 5.90. The molecule has 0 aliphatic heterocycles. The molecule has 0 heterocycles. The predicted octanol–water partition coefficient (Wildman–Crippen LogP) is 4.74. The molecule has 0 radical (unpaired) electrons. The van der Waals surface area contributed by atoms with Gasteiger partial charge in [0.25, 0.3) is 0 Å². The highest BCUT2D eigenvalue weighted by Gasteiger charge is 2.08. The molecule has 0 spiro atoms. The van der Waals surface area contributed by atoms with Gasteiger partial charge in [0.1, 0.15) is 0 Å². The number of hydrogen-bond donors (Lipinski definition) is 0. The summed E-state index contributed by atoms with van der Waals surface area (Å²) in [6, 6.07) is 18.6. The van der Waals surface area contributed by atoms with Crippen molar-refractivity contribution in [3.05, 3.63) is 70.7 Å². The maximum absolute atomic E-state index is 6.23. The third kappa shape index (κ3) is 4.64. The second-order valence-corrected chi connectivity index (χ2v) is 5.68. The SMILES string of the molecule is Clc1ccccc1CN(CCBr)Cc1ccccc1. The molecular weight excluding hydrogens is 322 g/mol. The Morgan fingerprint density at radius 3 is 2.26 bits per heavy atom. The molecule has 0 aliphatic carbocycles. The zero-order chi connectivity index (χ0) is 13.5. The monoisotopic (exact) mass is 337 g/mol. The van der Waals surface area contributed by atoms with E-state index in [-0.39, 0.29) is 0 Å². The van der Waals surface area contributed by atoms with E-state index in [4.69, 9.17) is 11.6 Å². The van der Waals surface area contributed by atoms with Crippen molar-refractivity contribution in [1.29, 1.82) is 0 Å². The lowest BCUT2D eigenvalue weighted by molar-refractivity contribution is 0.274. The second kappa shape index (κ2) is 7.68. The number of halogens is 2. The molecule has 2 rings (SSSR count). The predicted molar refractivity (Wildman–Crippen MR) is 85.8 cm³/mol. The van der Waals surface area contributed by atoms with Gasteiger partial charge in [0, 0.05) is 30.0 Å². The van der Waals surface area contributed by atoms with Crippen LogP contribution >= 0.6 is 27.5 Å². The van der Waals surface area contributed by atoms with Crippen LogP contribution < -0.4 is 0 Å². The van der Waals surface area contributed by atoms with Gasteiger partial charge in [-0.15, -0.1) is 0 Å². The van der Waals surface area contributed by atoms with E-state index in [2.05, 4.69) is 51.2 Å². The lowest BCUT2D eigenvalue weighted by atomic mass is 10.1. The van der Waals surface area contributed by atoms with E-state index in [1.807, 2.05) is 24.3 Å². The highest BCUT2D eigenvalue weighted by Crippen LogP contribution is 2.18. The van der Waals surface area contributed by atoms with Crippen LogP contribution in [0.3, 0.4) is 0 Å². The fourth-order valence-electron chi connectivity index (χ4n) is 2.04. The molecule has 0 N–H and O–H groups in total. The Labute approximate surface area is 128 Å². The van der Waals surface area contributed by atoms with E-state index in [1.165, 1.54) is 11.1 Å². The fraction of sp³-hybridized carbons (Fsp3) is 0.250. The van der Waals surface area contributed by atoms with Gasteiger partial charge >= 0.3 is 0 Å². The van der Waals surface area contributed by atoms with E-state index in [0.29, 0.717) is 0 Å². The molecule has 0 amide bonds.